The number of rotatable bonds is 2. The Hall–Kier alpha value is -6.18. The largest absolute Gasteiger partial charge is 0.270 e. The Kier molecular flexibility index (Phi) is 6.79. The normalized spacial score (nSPS) is 10.1. The maximum atomic E-state index is 11.2. The molecule has 0 radical (unpaired) electrons. The van der Waals surface area contributed by atoms with Crippen molar-refractivity contribution in [3.63, 3.8) is 0 Å². The van der Waals surface area contributed by atoms with Gasteiger partial charge in [0.05, 0.1) is 9.85 Å². The molecule has 1 aliphatic carbocycles. The van der Waals surface area contributed by atoms with Crippen molar-refractivity contribution < 1.29 is 9.85 Å². The first-order chi connectivity index (χ1) is 17.5. The van der Waals surface area contributed by atoms with E-state index in [2.05, 4.69) is 68.8 Å². The van der Waals surface area contributed by atoms with Gasteiger partial charge in [0.15, 0.2) is 0 Å². The summed E-state index contributed by atoms with van der Waals surface area (Å²) in [6.45, 7) is 0. The van der Waals surface area contributed by atoms with Crippen LogP contribution in [-0.4, -0.2) is 9.85 Å². The molecule has 36 heavy (non-hydrogen) atoms. The highest BCUT2D eigenvalue weighted by molar-refractivity contribution is 5.40. The third kappa shape index (κ3) is 5.59. The molecule has 0 saturated heterocycles. The SMILES string of the molecule is O=[N+]([O-])c1ccc2c(c1)=C=C=C=C=c1cc([N+](=O)[O-])ccc1=C=C=C=C=c1ccccc1=C=C=C=C=2. The molecular formula is C30H10N2O4. The van der Waals surface area contributed by atoms with Crippen LogP contribution in [0.5, 0.6) is 0 Å². The molecule has 164 valence electrons. The lowest BCUT2D eigenvalue weighted by atomic mass is 10.2. The van der Waals surface area contributed by atoms with E-state index in [0.29, 0.717) is 31.3 Å². The maximum Gasteiger partial charge on any atom is 0.270 e. The minimum atomic E-state index is -0.529. The van der Waals surface area contributed by atoms with Crippen molar-refractivity contribution in [2.24, 2.45) is 0 Å². The summed E-state index contributed by atoms with van der Waals surface area (Å²) < 4.78 is 0. The molecule has 0 amide bonds. The Morgan fingerprint density at radius 2 is 0.750 bits per heavy atom. The smallest absolute Gasteiger partial charge is 0.258 e. The zero-order valence-electron chi connectivity index (χ0n) is 18.3. The van der Waals surface area contributed by atoms with Gasteiger partial charge in [-0.1, -0.05) is 46.5 Å². The van der Waals surface area contributed by atoms with Crippen LogP contribution >= 0.6 is 0 Å². The van der Waals surface area contributed by atoms with E-state index in [4.69, 9.17) is 0 Å². The number of nitro benzene ring substituents is 2. The summed E-state index contributed by atoms with van der Waals surface area (Å²) in [6, 6.07) is 15.5. The van der Waals surface area contributed by atoms with Crippen molar-refractivity contribution in [3.05, 3.63) is 147 Å². The first-order valence-corrected chi connectivity index (χ1v) is 10.2. The quantitative estimate of drug-likeness (QED) is 0.251. The molecule has 0 bridgehead atoms. The fraction of sp³-hybridized carbons (Fsp3) is 0. The summed E-state index contributed by atoms with van der Waals surface area (Å²) in [4.78, 5) is 21.4. The number of hydrogen-bond donors (Lipinski definition) is 0. The van der Waals surface area contributed by atoms with E-state index in [1.54, 1.807) is 12.1 Å². The van der Waals surface area contributed by atoms with Crippen LogP contribution in [0.2, 0.25) is 0 Å². The fourth-order valence-corrected chi connectivity index (χ4v) is 3.01. The lowest BCUT2D eigenvalue weighted by molar-refractivity contribution is -0.385. The van der Waals surface area contributed by atoms with Crippen LogP contribution in [0.1, 0.15) is 0 Å². The molecule has 4 rings (SSSR count). The molecule has 0 aliphatic heterocycles. The summed E-state index contributed by atoms with van der Waals surface area (Å²) in [6.07, 6.45) is 0. The molecule has 6 nitrogen and oxygen atoms in total. The average molecular weight is 462 g/mol. The molecule has 0 spiro atoms. The number of benzene rings is 3. The molecule has 6 heteroatoms. The van der Waals surface area contributed by atoms with E-state index >= 15 is 0 Å². The fourth-order valence-electron chi connectivity index (χ4n) is 3.01. The van der Waals surface area contributed by atoms with Crippen molar-refractivity contribution in [1.82, 2.24) is 0 Å². The van der Waals surface area contributed by atoms with Crippen molar-refractivity contribution >= 4 is 45.8 Å². The average Bonchev–Trinajstić information content (AvgIpc) is 2.88. The molecule has 1 aliphatic rings. The van der Waals surface area contributed by atoms with Crippen molar-refractivity contribution in [2.75, 3.05) is 0 Å². The number of hydrogen-bond acceptors (Lipinski definition) is 4. The van der Waals surface area contributed by atoms with Gasteiger partial charge in [-0.05, 0) is 58.7 Å². The summed E-state index contributed by atoms with van der Waals surface area (Å²) in [7, 11) is 0. The maximum absolute atomic E-state index is 11.2. The van der Waals surface area contributed by atoms with Gasteiger partial charge in [0, 0.05) is 55.6 Å². The van der Waals surface area contributed by atoms with E-state index in [1.165, 1.54) is 36.4 Å². The van der Waals surface area contributed by atoms with E-state index in [9.17, 15) is 20.2 Å². The second-order valence-corrected chi connectivity index (χ2v) is 7.02. The van der Waals surface area contributed by atoms with E-state index in [0.717, 1.165) is 0 Å². The zero-order valence-corrected chi connectivity index (χ0v) is 18.3. The third-order valence-electron chi connectivity index (χ3n) is 4.73. The minimum Gasteiger partial charge on any atom is -0.258 e. The zero-order chi connectivity index (χ0) is 25.3. The predicted octanol–water partition coefficient (Wildman–Crippen LogP) is 0.793. The Morgan fingerprint density at radius 3 is 1.08 bits per heavy atom. The van der Waals surface area contributed by atoms with Crippen LogP contribution < -0.4 is 31.3 Å². The van der Waals surface area contributed by atoms with Gasteiger partial charge in [-0.25, -0.2) is 0 Å². The van der Waals surface area contributed by atoms with Gasteiger partial charge in [-0.15, -0.1) is 0 Å². The van der Waals surface area contributed by atoms with Gasteiger partial charge in [-0.2, -0.15) is 0 Å². The summed E-state index contributed by atoms with van der Waals surface area (Å²) in [5.74, 6) is 0. The highest BCUT2D eigenvalue weighted by Gasteiger charge is 2.04. The van der Waals surface area contributed by atoms with Crippen LogP contribution in [0.15, 0.2) is 95.1 Å². The van der Waals surface area contributed by atoms with Gasteiger partial charge >= 0.3 is 0 Å². The van der Waals surface area contributed by atoms with E-state index < -0.39 is 9.85 Å². The molecule has 0 atom stereocenters. The van der Waals surface area contributed by atoms with Crippen molar-refractivity contribution in [3.8, 4) is 0 Å². The number of non-ortho nitro benzene ring substituents is 2. The predicted molar refractivity (Wildman–Crippen MR) is 132 cm³/mol. The standard InChI is InChI=1S/C30H10N2O4/c33-31(34)29-19-17-25-13-5-3-11-23-9-1-2-10-24(23)12-4-6-14-26-18-20-30(32(35)36)22-28(26)16-8-7-15-27(25)21-29/h1-2,9-10,17-22H. The van der Waals surface area contributed by atoms with Crippen molar-refractivity contribution in [1.29, 1.82) is 0 Å². The number of nitro groups is 2. The van der Waals surface area contributed by atoms with E-state index in [-0.39, 0.29) is 11.4 Å². The lowest BCUT2D eigenvalue weighted by Gasteiger charge is -1.88. The molecule has 3 aromatic rings. The molecule has 0 N–H and O–H groups in total. The summed E-state index contributed by atoms with van der Waals surface area (Å²) in [5.41, 5.74) is 33.2. The van der Waals surface area contributed by atoms with Crippen LogP contribution in [0, 0.1) is 20.2 Å². The molecular weight excluding hydrogens is 452 g/mol. The first kappa shape index (κ1) is 23.0. The molecule has 0 fully saturated rings. The topological polar surface area (TPSA) is 86.3 Å². The van der Waals surface area contributed by atoms with Crippen LogP contribution in [0.3, 0.4) is 0 Å². The van der Waals surface area contributed by atoms with Gasteiger partial charge in [0.1, 0.15) is 0 Å². The number of fused-ring (bicyclic) bond motifs is 3. The van der Waals surface area contributed by atoms with Crippen LogP contribution in [0.25, 0.3) is 34.4 Å². The van der Waals surface area contributed by atoms with Crippen molar-refractivity contribution in [2.45, 2.75) is 0 Å². The Morgan fingerprint density at radius 1 is 0.444 bits per heavy atom. The molecule has 0 aromatic heterocycles. The minimum absolute atomic E-state index is 0.144. The Labute approximate surface area is 202 Å². The Balaban J connectivity index is 2.40. The Bertz CT molecular complexity index is 2080. The molecule has 0 heterocycles. The van der Waals surface area contributed by atoms with Crippen LogP contribution in [0.4, 0.5) is 11.4 Å². The van der Waals surface area contributed by atoms with Gasteiger partial charge in [0.2, 0.25) is 0 Å². The third-order valence-corrected chi connectivity index (χ3v) is 4.73. The summed E-state index contributed by atoms with van der Waals surface area (Å²) in [5, 5.41) is 25.2. The molecule has 0 unspecified atom stereocenters. The molecule has 3 aromatic carbocycles. The lowest BCUT2D eigenvalue weighted by Crippen LogP contribution is -2.22. The van der Waals surface area contributed by atoms with Gasteiger partial charge in [-0.3, -0.25) is 20.2 Å². The molecule has 0 saturated carbocycles. The van der Waals surface area contributed by atoms with Gasteiger partial charge in [0.25, 0.3) is 11.4 Å². The second-order valence-electron chi connectivity index (χ2n) is 7.02. The monoisotopic (exact) mass is 462 g/mol. The second kappa shape index (κ2) is 10.6. The first-order valence-electron chi connectivity index (χ1n) is 10.2. The highest BCUT2D eigenvalue weighted by Crippen LogP contribution is 2.03. The summed E-state index contributed by atoms with van der Waals surface area (Å²) >= 11 is 0. The van der Waals surface area contributed by atoms with Gasteiger partial charge < -0.3 is 0 Å². The highest BCUT2D eigenvalue weighted by atomic mass is 16.6. The van der Waals surface area contributed by atoms with E-state index in [1.807, 2.05) is 12.1 Å². The number of nitrogens with zero attached hydrogens (tertiary/aromatic N) is 2. The van der Waals surface area contributed by atoms with Crippen LogP contribution in [-0.2, 0) is 0 Å².